The lowest BCUT2D eigenvalue weighted by molar-refractivity contribution is -0.127. The van der Waals surface area contributed by atoms with E-state index >= 15 is 0 Å². The topological polar surface area (TPSA) is 87.4 Å². The first kappa shape index (κ1) is 21.4. The maximum absolute atomic E-state index is 11.6. The summed E-state index contributed by atoms with van der Waals surface area (Å²) in [5, 5.41) is 14.0. The predicted molar refractivity (Wildman–Crippen MR) is 102 cm³/mol. The summed E-state index contributed by atoms with van der Waals surface area (Å²) >= 11 is 0. The molecule has 23 heavy (non-hydrogen) atoms. The van der Waals surface area contributed by atoms with E-state index < -0.39 is 0 Å². The van der Waals surface area contributed by atoms with Crippen LogP contribution in [-0.4, -0.2) is 65.5 Å². The molecular weight excluding hydrogens is 409 g/mol. The van der Waals surface area contributed by atoms with Crippen LogP contribution < -0.4 is 10.6 Å². The Morgan fingerprint density at radius 3 is 2.70 bits per heavy atom. The minimum atomic E-state index is -0.0426. The molecule has 1 amide bonds. The molecule has 0 saturated heterocycles. The van der Waals surface area contributed by atoms with E-state index in [0.29, 0.717) is 12.5 Å². The molecule has 1 aromatic rings. The second-order valence-corrected chi connectivity index (χ2v) is 5.21. The van der Waals surface area contributed by atoms with Crippen LogP contribution in [0.4, 0.5) is 0 Å². The van der Waals surface area contributed by atoms with Gasteiger partial charge in [-0.05, 0) is 13.3 Å². The number of guanidine groups is 1. The Hall–Kier alpha value is -1.65. The van der Waals surface area contributed by atoms with Gasteiger partial charge in [-0.15, -0.1) is 29.1 Å². The van der Waals surface area contributed by atoms with Crippen molar-refractivity contribution >= 4 is 35.8 Å². The number of amides is 1. The molecule has 130 valence electrons. The summed E-state index contributed by atoms with van der Waals surface area (Å²) in [4.78, 5) is 17.4. The average molecular weight is 435 g/mol. The van der Waals surface area contributed by atoms with Gasteiger partial charge in [0.1, 0.15) is 6.54 Å². The molecule has 1 rings (SSSR count). The largest absolute Gasteiger partial charge is 0.356 e. The third-order valence-corrected chi connectivity index (χ3v) is 2.76. The molecule has 0 aromatic carbocycles. The van der Waals surface area contributed by atoms with Crippen molar-refractivity contribution in [3.05, 3.63) is 24.5 Å². The quantitative estimate of drug-likeness (QED) is 0.204. The monoisotopic (exact) mass is 435 g/mol. The fourth-order valence-electron chi connectivity index (χ4n) is 1.50. The molecule has 0 unspecified atom stereocenters. The normalized spacial score (nSPS) is 10.7. The summed E-state index contributed by atoms with van der Waals surface area (Å²) in [6, 6.07) is 0. The van der Waals surface area contributed by atoms with Crippen molar-refractivity contribution in [2.24, 2.45) is 4.99 Å². The molecule has 2 N–H and O–H groups in total. The van der Waals surface area contributed by atoms with Crippen molar-refractivity contribution in [2.45, 2.75) is 19.9 Å². The minimum absolute atomic E-state index is 0. The third-order valence-electron chi connectivity index (χ3n) is 2.76. The van der Waals surface area contributed by atoms with Crippen LogP contribution >= 0.6 is 24.0 Å². The number of halogens is 1. The van der Waals surface area contributed by atoms with E-state index in [9.17, 15) is 4.79 Å². The lowest BCUT2D eigenvalue weighted by atomic mass is 10.3. The Bertz CT molecular complexity index is 499. The third kappa shape index (κ3) is 9.87. The zero-order chi connectivity index (χ0) is 16.4. The number of aromatic nitrogens is 3. The van der Waals surface area contributed by atoms with Crippen LogP contribution in [0.3, 0.4) is 0 Å². The number of rotatable bonds is 8. The van der Waals surface area contributed by atoms with E-state index in [2.05, 4.69) is 32.5 Å². The summed E-state index contributed by atoms with van der Waals surface area (Å²) < 4.78 is 1.77. The predicted octanol–water partition coefficient (Wildman–Crippen LogP) is 0.486. The molecule has 1 aromatic heterocycles. The van der Waals surface area contributed by atoms with Crippen molar-refractivity contribution in [1.82, 2.24) is 30.5 Å². The molecule has 0 fully saturated rings. The molecule has 9 heteroatoms. The van der Waals surface area contributed by atoms with Crippen LogP contribution in [0, 0.1) is 0 Å². The Morgan fingerprint density at radius 1 is 1.39 bits per heavy atom. The van der Waals surface area contributed by atoms with Gasteiger partial charge in [-0.2, -0.15) is 0 Å². The van der Waals surface area contributed by atoms with E-state index in [1.807, 2.05) is 13.1 Å². The van der Waals surface area contributed by atoms with Gasteiger partial charge in [0.2, 0.25) is 5.91 Å². The van der Waals surface area contributed by atoms with Crippen molar-refractivity contribution < 1.29 is 4.79 Å². The van der Waals surface area contributed by atoms with Crippen molar-refractivity contribution in [2.75, 3.05) is 33.7 Å². The van der Waals surface area contributed by atoms with Crippen molar-refractivity contribution in [3.63, 3.8) is 0 Å². The van der Waals surface area contributed by atoms with Crippen LogP contribution in [0.5, 0.6) is 0 Å². The highest BCUT2D eigenvalue weighted by molar-refractivity contribution is 14.0. The zero-order valence-electron chi connectivity index (χ0n) is 13.9. The fourth-order valence-corrected chi connectivity index (χ4v) is 1.50. The van der Waals surface area contributed by atoms with Gasteiger partial charge in [0.15, 0.2) is 5.96 Å². The Balaban J connectivity index is 0.00000484. The summed E-state index contributed by atoms with van der Waals surface area (Å²) in [6.07, 6.45) is 4.35. The molecule has 0 aliphatic heterocycles. The second-order valence-electron chi connectivity index (χ2n) is 5.21. The van der Waals surface area contributed by atoms with Gasteiger partial charge >= 0.3 is 0 Å². The highest BCUT2D eigenvalue weighted by atomic mass is 127. The smallest absolute Gasteiger partial charge is 0.243 e. The molecule has 8 nitrogen and oxygen atoms in total. The number of likely N-dealkylation sites (N-methyl/N-ethyl adjacent to an activating group) is 1. The molecule has 1 heterocycles. The standard InChI is InChI=1S/C14H25N7O.HI/c1-12(2)10-16-14(17-11-13(22)20(3)4)15-6-5-8-21-9-7-18-19-21;/h7,9H,1,5-6,8,10-11H2,2-4H3,(H2,15,16,17);1H. The number of nitrogens with one attached hydrogen (secondary N) is 2. The first-order chi connectivity index (χ1) is 10.5. The van der Waals surface area contributed by atoms with E-state index in [4.69, 9.17) is 0 Å². The fraction of sp³-hybridized carbons (Fsp3) is 0.571. The number of carbonyl (C=O) groups is 1. The van der Waals surface area contributed by atoms with E-state index in [1.165, 1.54) is 4.90 Å². The summed E-state index contributed by atoms with van der Waals surface area (Å²) in [6.45, 7) is 8.00. The lowest BCUT2D eigenvalue weighted by Gasteiger charge is -2.13. The van der Waals surface area contributed by atoms with E-state index in [0.717, 1.165) is 25.1 Å². The van der Waals surface area contributed by atoms with E-state index in [1.54, 1.807) is 25.0 Å². The number of carbonyl (C=O) groups excluding carboxylic acids is 1. The Labute approximate surface area is 154 Å². The van der Waals surface area contributed by atoms with Gasteiger partial charge < -0.3 is 15.5 Å². The molecule has 0 atom stereocenters. The highest BCUT2D eigenvalue weighted by Gasteiger charge is 2.04. The number of nitrogens with zero attached hydrogens (tertiary/aromatic N) is 5. The number of aliphatic imine (C=N–C) groups is 1. The van der Waals surface area contributed by atoms with Gasteiger partial charge in [-0.3, -0.25) is 9.48 Å². The Morgan fingerprint density at radius 2 is 2.13 bits per heavy atom. The molecule has 0 aliphatic rings. The SMILES string of the molecule is C=C(C)CNC(=NCC(=O)N(C)C)NCCCn1ccnn1.I. The van der Waals surface area contributed by atoms with Crippen LogP contribution in [0.2, 0.25) is 0 Å². The number of hydrogen-bond acceptors (Lipinski definition) is 4. The highest BCUT2D eigenvalue weighted by Crippen LogP contribution is 1.88. The first-order valence-electron chi connectivity index (χ1n) is 7.20. The maximum Gasteiger partial charge on any atom is 0.243 e. The van der Waals surface area contributed by atoms with Gasteiger partial charge in [0.05, 0.1) is 6.20 Å². The van der Waals surface area contributed by atoms with E-state index in [-0.39, 0.29) is 36.4 Å². The van der Waals surface area contributed by atoms with Crippen molar-refractivity contribution in [3.8, 4) is 0 Å². The zero-order valence-corrected chi connectivity index (χ0v) is 16.3. The second kappa shape index (κ2) is 11.9. The molecule has 0 spiro atoms. The Kier molecular flexibility index (Phi) is 11.0. The van der Waals surface area contributed by atoms with Gasteiger partial charge in [-0.25, -0.2) is 4.99 Å². The van der Waals surface area contributed by atoms with Crippen LogP contribution in [0.25, 0.3) is 0 Å². The molecular formula is C14H26IN7O. The van der Waals surface area contributed by atoms with Crippen molar-refractivity contribution in [1.29, 1.82) is 0 Å². The minimum Gasteiger partial charge on any atom is -0.356 e. The van der Waals surface area contributed by atoms with Crippen LogP contribution in [-0.2, 0) is 11.3 Å². The van der Waals surface area contributed by atoms with Gasteiger partial charge in [0.25, 0.3) is 0 Å². The maximum atomic E-state index is 11.6. The lowest BCUT2D eigenvalue weighted by Crippen LogP contribution is -2.39. The van der Waals surface area contributed by atoms with Gasteiger partial charge in [-0.1, -0.05) is 17.4 Å². The number of hydrogen-bond donors (Lipinski definition) is 2. The summed E-state index contributed by atoms with van der Waals surface area (Å²) in [5.74, 6) is 0.566. The van der Waals surface area contributed by atoms with Crippen LogP contribution in [0.15, 0.2) is 29.5 Å². The molecule has 0 radical (unpaired) electrons. The molecule has 0 saturated carbocycles. The number of aryl methyl sites for hydroxylation is 1. The molecule has 0 bridgehead atoms. The average Bonchev–Trinajstić information content (AvgIpc) is 2.97. The summed E-state index contributed by atoms with van der Waals surface area (Å²) in [5.41, 5.74) is 0.996. The van der Waals surface area contributed by atoms with Crippen LogP contribution in [0.1, 0.15) is 13.3 Å². The summed E-state index contributed by atoms with van der Waals surface area (Å²) in [7, 11) is 3.43. The first-order valence-corrected chi connectivity index (χ1v) is 7.20. The molecule has 0 aliphatic carbocycles. The van der Waals surface area contributed by atoms with Gasteiger partial charge in [0, 0.05) is 39.9 Å².